The van der Waals surface area contributed by atoms with E-state index in [1.807, 2.05) is 0 Å². The number of hydrogen-bond donors (Lipinski definition) is 2. The molecule has 0 aliphatic rings. The second-order valence-electron chi connectivity index (χ2n) is 5.09. The van der Waals surface area contributed by atoms with E-state index < -0.39 is 5.97 Å². The molecule has 0 atom stereocenters. The Morgan fingerprint density at radius 1 is 0.632 bits per heavy atom. The fourth-order valence-corrected chi connectivity index (χ4v) is 2.04. The van der Waals surface area contributed by atoms with Gasteiger partial charge in [0.2, 0.25) is 0 Å². The van der Waals surface area contributed by atoms with Gasteiger partial charge in [0.15, 0.2) is 0 Å². The van der Waals surface area contributed by atoms with E-state index in [9.17, 15) is 9.59 Å². The first-order valence-electron chi connectivity index (χ1n) is 7.51. The lowest BCUT2D eigenvalue weighted by Crippen LogP contribution is -1.99. The van der Waals surface area contributed by atoms with Crippen molar-refractivity contribution in [3.05, 3.63) is 0 Å². The molecule has 2 N–H and O–H groups in total. The fraction of sp³-hybridized carbons (Fsp3) is 0.867. The Balaban J connectivity index is 3.18. The molecule has 0 bridgehead atoms. The highest BCUT2D eigenvalue weighted by Gasteiger charge is 2.03. The van der Waals surface area contributed by atoms with E-state index in [1.165, 1.54) is 12.8 Å². The van der Waals surface area contributed by atoms with Crippen LogP contribution in [0, 0.1) is 0 Å². The highest BCUT2D eigenvalue weighted by Crippen LogP contribution is 2.10. The molecule has 0 saturated carbocycles. The monoisotopic (exact) mass is 272 g/mol. The number of carbonyl (C=O) groups excluding carboxylic acids is 1. The molecule has 0 aromatic rings. The number of unbranched alkanes of at least 4 members (excludes halogenated alkanes) is 7. The van der Waals surface area contributed by atoms with Gasteiger partial charge in [-0.15, -0.1) is 0 Å². The van der Waals surface area contributed by atoms with Crippen molar-refractivity contribution < 1.29 is 19.8 Å². The number of aliphatic hydroxyl groups is 1. The number of aliphatic carboxylic acids is 1. The molecule has 0 rings (SSSR count). The predicted molar refractivity (Wildman–Crippen MR) is 75.1 cm³/mol. The van der Waals surface area contributed by atoms with Crippen LogP contribution in [0.5, 0.6) is 0 Å². The summed E-state index contributed by atoms with van der Waals surface area (Å²) in [5.41, 5.74) is 0. The van der Waals surface area contributed by atoms with Gasteiger partial charge in [-0.25, -0.2) is 0 Å². The highest BCUT2D eigenvalue weighted by atomic mass is 16.4. The molecule has 0 aliphatic carbocycles. The molecule has 112 valence electrons. The van der Waals surface area contributed by atoms with Crippen molar-refractivity contribution in [3.63, 3.8) is 0 Å². The van der Waals surface area contributed by atoms with Gasteiger partial charge in [-0.3, -0.25) is 9.59 Å². The summed E-state index contributed by atoms with van der Waals surface area (Å²) in [5, 5.41) is 17.1. The van der Waals surface area contributed by atoms with Gasteiger partial charge >= 0.3 is 5.97 Å². The zero-order valence-electron chi connectivity index (χ0n) is 11.9. The molecule has 0 heterocycles. The normalized spacial score (nSPS) is 10.6. The molecule has 0 spiro atoms. The number of Topliss-reactive ketones (excluding diaryl/α,β-unsaturated/α-hetero) is 1. The Bertz CT molecular complexity index is 238. The van der Waals surface area contributed by atoms with Crippen molar-refractivity contribution in [2.24, 2.45) is 0 Å². The lowest BCUT2D eigenvalue weighted by atomic mass is 10.0. The van der Waals surface area contributed by atoms with E-state index in [4.69, 9.17) is 10.2 Å². The zero-order chi connectivity index (χ0) is 14.3. The van der Waals surface area contributed by atoms with Gasteiger partial charge in [0.05, 0.1) is 0 Å². The summed E-state index contributed by atoms with van der Waals surface area (Å²) in [6.07, 6.45) is 10.2. The summed E-state index contributed by atoms with van der Waals surface area (Å²) >= 11 is 0. The molecular weight excluding hydrogens is 244 g/mol. The summed E-state index contributed by atoms with van der Waals surface area (Å²) < 4.78 is 0. The van der Waals surface area contributed by atoms with Crippen molar-refractivity contribution in [2.45, 2.75) is 77.0 Å². The van der Waals surface area contributed by atoms with Gasteiger partial charge in [0.25, 0.3) is 0 Å². The Hall–Kier alpha value is -0.900. The van der Waals surface area contributed by atoms with Crippen molar-refractivity contribution in [1.29, 1.82) is 0 Å². The van der Waals surface area contributed by atoms with Crippen LogP contribution in [0.1, 0.15) is 77.0 Å². The summed E-state index contributed by atoms with van der Waals surface area (Å²) in [6, 6.07) is 0. The van der Waals surface area contributed by atoms with Crippen LogP contribution in [0.2, 0.25) is 0 Å². The number of carboxylic acid groups (broad SMARTS) is 1. The minimum absolute atomic E-state index is 0.168. The van der Waals surface area contributed by atoms with Crippen LogP contribution in [0.3, 0.4) is 0 Å². The SMILES string of the molecule is O=C(O)CCCCC(=O)CCCCCCCCCO. The van der Waals surface area contributed by atoms with Crippen LogP contribution in [0.15, 0.2) is 0 Å². The first-order valence-corrected chi connectivity index (χ1v) is 7.51. The van der Waals surface area contributed by atoms with Crippen LogP contribution in [0.4, 0.5) is 0 Å². The van der Waals surface area contributed by atoms with Crippen molar-refractivity contribution in [3.8, 4) is 0 Å². The van der Waals surface area contributed by atoms with Crippen molar-refractivity contribution >= 4 is 11.8 Å². The standard InChI is InChI=1S/C15H28O4/c16-13-9-5-3-1-2-4-6-10-14(17)11-7-8-12-15(18)19/h16H,1-13H2,(H,18,19). The maximum atomic E-state index is 11.5. The third-order valence-electron chi connectivity index (χ3n) is 3.21. The van der Waals surface area contributed by atoms with E-state index >= 15 is 0 Å². The van der Waals surface area contributed by atoms with Gasteiger partial charge in [0.1, 0.15) is 5.78 Å². The lowest BCUT2D eigenvalue weighted by molar-refractivity contribution is -0.137. The van der Waals surface area contributed by atoms with Crippen LogP contribution in [-0.2, 0) is 9.59 Å². The smallest absolute Gasteiger partial charge is 0.303 e. The summed E-state index contributed by atoms with van der Waals surface area (Å²) in [6.45, 7) is 0.288. The number of carbonyl (C=O) groups is 2. The van der Waals surface area contributed by atoms with Crippen LogP contribution < -0.4 is 0 Å². The van der Waals surface area contributed by atoms with E-state index in [0.717, 1.165) is 32.1 Å². The van der Waals surface area contributed by atoms with Gasteiger partial charge in [0, 0.05) is 25.9 Å². The third kappa shape index (κ3) is 15.0. The molecule has 0 amide bonds. The molecule has 0 aromatic heterocycles. The summed E-state index contributed by atoms with van der Waals surface area (Å²) in [5.74, 6) is -0.515. The Morgan fingerprint density at radius 2 is 1.05 bits per heavy atom. The van der Waals surface area contributed by atoms with Gasteiger partial charge in [-0.05, 0) is 25.7 Å². The van der Waals surface area contributed by atoms with Crippen LogP contribution in [-0.4, -0.2) is 28.6 Å². The molecule has 0 unspecified atom stereocenters. The van der Waals surface area contributed by atoms with Gasteiger partial charge in [-0.2, -0.15) is 0 Å². The number of aliphatic hydroxyl groups excluding tert-OH is 1. The topological polar surface area (TPSA) is 74.6 Å². The van der Waals surface area contributed by atoms with Gasteiger partial charge < -0.3 is 10.2 Å². The maximum absolute atomic E-state index is 11.5. The molecule has 4 heteroatoms. The third-order valence-corrected chi connectivity index (χ3v) is 3.21. The lowest BCUT2D eigenvalue weighted by Gasteiger charge is -2.02. The van der Waals surface area contributed by atoms with E-state index in [-0.39, 0.29) is 18.8 Å². The molecule has 19 heavy (non-hydrogen) atoms. The van der Waals surface area contributed by atoms with Crippen molar-refractivity contribution in [2.75, 3.05) is 6.61 Å². The fourth-order valence-electron chi connectivity index (χ4n) is 2.04. The largest absolute Gasteiger partial charge is 0.481 e. The number of ketones is 1. The Kier molecular flexibility index (Phi) is 12.9. The average Bonchev–Trinajstić information content (AvgIpc) is 2.37. The maximum Gasteiger partial charge on any atom is 0.303 e. The summed E-state index contributed by atoms with van der Waals surface area (Å²) in [7, 11) is 0. The second kappa shape index (κ2) is 13.5. The average molecular weight is 272 g/mol. The minimum Gasteiger partial charge on any atom is -0.481 e. The van der Waals surface area contributed by atoms with Crippen LogP contribution >= 0.6 is 0 Å². The first-order chi connectivity index (χ1) is 9.16. The molecule has 0 fully saturated rings. The van der Waals surface area contributed by atoms with E-state index in [1.54, 1.807) is 0 Å². The van der Waals surface area contributed by atoms with Crippen LogP contribution in [0.25, 0.3) is 0 Å². The van der Waals surface area contributed by atoms with Crippen molar-refractivity contribution in [1.82, 2.24) is 0 Å². The Morgan fingerprint density at radius 3 is 1.58 bits per heavy atom. The minimum atomic E-state index is -0.784. The molecule has 0 aromatic carbocycles. The summed E-state index contributed by atoms with van der Waals surface area (Å²) in [4.78, 5) is 21.8. The second-order valence-corrected chi connectivity index (χ2v) is 5.09. The number of rotatable bonds is 14. The van der Waals surface area contributed by atoms with E-state index in [0.29, 0.717) is 25.7 Å². The molecular formula is C15H28O4. The predicted octanol–water partition coefficient (Wildman–Crippen LogP) is 3.31. The molecule has 4 nitrogen and oxygen atoms in total. The van der Waals surface area contributed by atoms with Gasteiger partial charge in [-0.1, -0.05) is 32.1 Å². The highest BCUT2D eigenvalue weighted by molar-refractivity contribution is 5.78. The quantitative estimate of drug-likeness (QED) is 0.476. The molecule has 0 saturated heterocycles. The molecule has 0 aliphatic heterocycles. The zero-order valence-corrected chi connectivity index (χ0v) is 11.9. The molecule has 0 radical (unpaired) electrons. The van der Waals surface area contributed by atoms with E-state index in [2.05, 4.69) is 0 Å². The Labute approximate surface area is 116 Å². The first kappa shape index (κ1) is 18.1. The number of hydrogen-bond acceptors (Lipinski definition) is 3. The number of carboxylic acids is 1.